The van der Waals surface area contributed by atoms with Gasteiger partial charge in [-0.3, -0.25) is 0 Å². The van der Waals surface area contributed by atoms with E-state index in [9.17, 15) is 0 Å². The minimum atomic E-state index is -0.514. The van der Waals surface area contributed by atoms with Gasteiger partial charge in [0, 0.05) is 6.61 Å². The van der Waals surface area contributed by atoms with Crippen LogP contribution in [0.2, 0.25) is 0 Å². The second kappa shape index (κ2) is 5.36. The van der Waals surface area contributed by atoms with Gasteiger partial charge in [-0.2, -0.15) is 0 Å². The normalized spacial score (nSPS) is 12.9. The number of hydrogen-bond donors (Lipinski definition) is 0. The first-order valence-electron chi connectivity index (χ1n) is 2.45. The van der Waals surface area contributed by atoms with Crippen molar-refractivity contribution in [1.82, 2.24) is 0 Å². The number of alkyl halides is 1. The van der Waals surface area contributed by atoms with Gasteiger partial charge in [-0.1, -0.05) is 34.8 Å². The van der Waals surface area contributed by atoms with Crippen molar-refractivity contribution in [3.8, 4) is 0 Å². The summed E-state index contributed by atoms with van der Waals surface area (Å²) >= 11 is 16.0. The number of halogens is 3. The predicted molar refractivity (Wildman–Crippen MR) is 41.1 cm³/mol. The zero-order valence-electron chi connectivity index (χ0n) is 4.90. The van der Waals surface area contributed by atoms with Gasteiger partial charge in [0.05, 0.1) is 0 Å². The van der Waals surface area contributed by atoms with Gasteiger partial charge in [0.15, 0.2) is 5.56 Å². The Labute approximate surface area is 69.5 Å². The van der Waals surface area contributed by atoms with Crippen LogP contribution in [0.4, 0.5) is 0 Å². The summed E-state index contributed by atoms with van der Waals surface area (Å²) in [5, 5.41) is 0. The molecule has 0 aliphatic carbocycles. The van der Waals surface area contributed by atoms with E-state index in [0.717, 1.165) is 0 Å². The van der Waals surface area contributed by atoms with E-state index in [4.69, 9.17) is 39.5 Å². The largest absolute Gasteiger partial charge is 0.359 e. The van der Waals surface area contributed by atoms with Crippen molar-refractivity contribution in [1.29, 1.82) is 0 Å². The van der Waals surface area contributed by atoms with Crippen LogP contribution in [0.3, 0.4) is 0 Å². The Morgan fingerprint density at radius 2 is 2.22 bits per heavy atom. The minimum absolute atomic E-state index is 0.128. The van der Waals surface area contributed by atoms with E-state index in [-0.39, 0.29) is 4.49 Å². The molecule has 0 amide bonds. The fraction of sp³-hybridized carbons (Fsp3) is 0.600. The Hall–Kier alpha value is 0.570. The highest BCUT2D eigenvalue weighted by molar-refractivity contribution is 6.56. The van der Waals surface area contributed by atoms with Crippen molar-refractivity contribution in [3.63, 3.8) is 0 Å². The summed E-state index contributed by atoms with van der Waals surface area (Å²) in [6, 6.07) is 0. The molecule has 0 bridgehead atoms. The fourth-order valence-electron chi connectivity index (χ4n) is 0.306. The molecule has 0 aromatic heterocycles. The lowest BCUT2D eigenvalue weighted by Gasteiger charge is -2.01. The third-order valence-corrected chi connectivity index (χ3v) is 1.09. The number of ether oxygens (including phenoxy) is 1. The van der Waals surface area contributed by atoms with Crippen LogP contribution in [-0.2, 0) is 4.74 Å². The monoisotopic (exact) mass is 188 g/mol. The molecular weight excluding hydrogens is 182 g/mol. The highest BCUT2D eigenvalue weighted by Gasteiger charge is 1.97. The average molecular weight is 189 g/mol. The quantitative estimate of drug-likeness (QED) is 0.620. The molecule has 0 unspecified atom stereocenters. The molecule has 0 saturated carbocycles. The molecule has 0 radical (unpaired) electrons. The lowest BCUT2D eigenvalue weighted by atomic mass is 10.7. The van der Waals surface area contributed by atoms with Crippen molar-refractivity contribution in [2.45, 2.75) is 12.5 Å². The van der Waals surface area contributed by atoms with E-state index < -0.39 is 5.56 Å². The molecule has 54 valence electrons. The van der Waals surface area contributed by atoms with Gasteiger partial charge < -0.3 is 4.74 Å². The average Bonchev–Trinajstić information content (AvgIpc) is 1.63. The van der Waals surface area contributed by atoms with Crippen LogP contribution < -0.4 is 0 Å². The SMILES string of the molecule is CCO[C@@H](Cl)C=C(Cl)Cl. The standard InChI is InChI=1S/C5H7Cl3O/c1-2-9-5(8)3-4(6)7/h3,5H,2H2,1H3/t5-/m1/s1. The maximum Gasteiger partial charge on any atom is 0.152 e. The minimum Gasteiger partial charge on any atom is -0.359 e. The van der Waals surface area contributed by atoms with Gasteiger partial charge in [0.2, 0.25) is 0 Å². The molecule has 0 rings (SSSR count). The van der Waals surface area contributed by atoms with E-state index in [2.05, 4.69) is 0 Å². The van der Waals surface area contributed by atoms with Crippen molar-refractivity contribution in [2.75, 3.05) is 6.61 Å². The second-order valence-electron chi connectivity index (χ2n) is 1.26. The summed E-state index contributed by atoms with van der Waals surface area (Å²) in [4.78, 5) is 0. The lowest BCUT2D eigenvalue weighted by molar-refractivity contribution is 0.149. The summed E-state index contributed by atoms with van der Waals surface area (Å²) in [5.74, 6) is 0. The van der Waals surface area contributed by atoms with Gasteiger partial charge in [-0.25, -0.2) is 0 Å². The summed E-state index contributed by atoms with van der Waals surface area (Å²) in [7, 11) is 0. The van der Waals surface area contributed by atoms with Crippen molar-refractivity contribution >= 4 is 34.8 Å². The highest BCUT2D eigenvalue weighted by atomic mass is 35.5. The third kappa shape index (κ3) is 6.46. The Morgan fingerprint density at radius 1 is 1.67 bits per heavy atom. The highest BCUT2D eigenvalue weighted by Crippen LogP contribution is 2.11. The van der Waals surface area contributed by atoms with E-state index in [0.29, 0.717) is 6.61 Å². The molecule has 4 heteroatoms. The van der Waals surface area contributed by atoms with E-state index in [1.54, 1.807) is 0 Å². The Morgan fingerprint density at radius 3 is 2.56 bits per heavy atom. The molecule has 0 aliphatic rings. The van der Waals surface area contributed by atoms with Crippen LogP contribution >= 0.6 is 34.8 Å². The van der Waals surface area contributed by atoms with Gasteiger partial charge in [-0.05, 0) is 13.0 Å². The van der Waals surface area contributed by atoms with Gasteiger partial charge in [0.1, 0.15) is 4.49 Å². The number of hydrogen-bond acceptors (Lipinski definition) is 1. The van der Waals surface area contributed by atoms with Crippen LogP contribution in [0.1, 0.15) is 6.92 Å². The molecule has 0 N–H and O–H groups in total. The zero-order valence-corrected chi connectivity index (χ0v) is 7.17. The van der Waals surface area contributed by atoms with Crippen LogP contribution in [-0.4, -0.2) is 12.2 Å². The molecule has 0 aromatic rings. The van der Waals surface area contributed by atoms with Crippen molar-refractivity contribution < 1.29 is 4.74 Å². The first-order chi connectivity index (χ1) is 4.16. The molecule has 0 aromatic carbocycles. The summed E-state index contributed by atoms with van der Waals surface area (Å²) in [6.07, 6.45) is 1.41. The van der Waals surface area contributed by atoms with Crippen LogP contribution in [0.25, 0.3) is 0 Å². The first kappa shape index (κ1) is 9.57. The fourth-order valence-corrected chi connectivity index (χ4v) is 0.916. The predicted octanol–water partition coefficient (Wildman–Crippen LogP) is 2.91. The maximum absolute atomic E-state index is 5.51. The van der Waals surface area contributed by atoms with Gasteiger partial charge in [0.25, 0.3) is 0 Å². The van der Waals surface area contributed by atoms with Gasteiger partial charge >= 0.3 is 0 Å². The second-order valence-corrected chi connectivity index (χ2v) is 2.70. The molecular formula is C5H7Cl3O. The van der Waals surface area contributed by atoms with Crippen molar-refractivity contribution in [3.05, 3.63) is 10.6 Å². The van der Waals surface area contributed by atoms with Crippen LogP contribution in [0.5, 0.6) is 0 Å². The molecule has 0 spiro atoms. The Bertz CT molecular complexity index is 98.4. The smallest absolute Gasteiger partial charge is 0.152 e. The molecule has 1 atom stereocenters. The Kier molecular flexibility index (Phi) is 5.70. The zero-order chi connectivity index (χ0) is 7.28. The third-order valence-electron chi connectivity index (χ3n) is 0.583. The lowest BCUT2D eigenvalue weighted by Crippen LogP contribution is -1.99. The summed E-state index contributed by atoms with van der Waals surface area (Å²) < 4.78 is 5.00. The molecule has 1 nitrogen and oxygen atoms in total. The summed E-state index contributed by atoms with van der Waals surface area (Å²) in [6.45, 7) is 2.39. The first-order valence-corrected chi connectivity index (χ1v) is 3.64. The van der Waals surface area contributed by atoms with Crippen LogP contribution in [0, 0.1) is 0 Å². The summed E-state index contributed by atoms with van der Waals surface area (Å²) in [5.41, 5.74) is -0.514. The molecule has 0 heterocycles. The number of rotatable bonds is 3. The van der Waals surface area contributed by atoms with Crippen molar-refractivity contribution in [2.24, 2.45) is 0 Å². The molecule has 0 fully saturated rings. The van der Waals surface area contributed by atoms with Gasteiger partial charge in [-0.15, -0.1) is 0 Å². The molecule has 0 saturated heterocycles. The maximum atomic E-state index is 5.51. The molecule has 0 aliphatic heterocycles. The van der Waals surface area contributed by atoms with E-state index in [1.807, 2.05) is 6.92 Å². The van der Waals surface area contributed by atoms with E-state index in [1.165, 1.54) is 6.08 Å². The topological polar surface area (TPSA) is 9.23 Å². The van der Waals surface area contributed by atoms with Crippen LogP contribution in [0.15, 0.2) is 10.6 Å². The Balaban J connectivity index is 3.49. The van der Waals surface area contributed by atoms with E-state index >= 15 is 0 Å². The molecule has 9 heavy (non-hydrogen) atoms.